The molecule has 0 bridgehead atoms. The molecular formula is C16H14N2O3. The van der Waals surface area contributed by atoms with Crippen LogP contribution in [0.4, 0.5) is 10.5 Å². The molecule has 106 valence electrons. The van der Waals surface area contributed by atoms with E-state index in [1.807, 2.05) is 24.3 Å². The molecule has 0 saturated carbocycles. The molecule has 0 fully saturated rings. The maximum absolute atomic E-state index is 12.2. The van der Waals surface area contributed by atoms with Gasteiger partial charge in [-0.25, -0.2) is 9.59 Å². The fourth-order valence-electron chi connectivity index (χ4n) is 2.38. The van der Waals surface area contributed by atoms with Crippen molar-refractivity contribution in [1.82, 2.24) is 4.90 Å². The van der Waals surface area contributed by atoms with Gasteiger partial charge in [-0.2, -0.15) is 0 Å². The summed E-state index contributed by atoms with van der Waals surface area (Å²) in [6, 6.07) is 13.9. The summed E-state index contributed by atoms with van der Waals surface area (Å²) in [6.45, 7) is 1.18. The zero-order valence-corrected chi connectivity index (χ0v) is 11.2. The first-order chi connectivity index (χ1) is 10.1. The average Bonchev–Trinajstić information content (AvgIpc) is 2.92. The SMILES string of the molecule is O=C(O)c1ccc(NC(=O)N2Cc3ccccc3C2)cc1. The molecule has 5 heteroatoms. The number of hydrogen-bond acceptors (Lipinski definition) is 2. The normalized spacial score (nSPS) is 12.9. The van der Waals surface area contributed by atoms with E-state index >= 15 is 0 Å². The van der Waals surface area contributed by atoms with Gasteiger partial charge in [0.15, 0.2) is 0 Å². The number of aromatic carboxylic acids is 1. The predicted octanol–water partition coefficient (Wildman–Crippen LogP) is 2.93. The van der Waals surface area contributed by atoms with Crippen molar-refractivity contribution in [3.8, 4) is 0 Å². The summed E-state index contributed by atoms with van der Waals surface area (Å²) in [4.78, 5) is 24.7. The summed E-state index contributed by atoms with van der Waals surface area (Å²) in [5, 5.41) is 11.6. The quantitative estimate of drug-likeness (QED) is 0.889. The van der Waals surface area contributed by atoms with Crippen LogP contribution in [-0.4, -0.2) is 22.0 Å². The fraction of sp³-hybridized carbons (Fsp3) is 0.125. The zero-order chi connectivity index (χ0) is 14.8. The number of hydrogen-bond donors (Lipinski definition) is 2. The van der Waals surface area contributed by atoms with Gasteiger partial charge < -0.3 is 15.3 Å². The molecule has 0 spiro atoms. The standard InChI is InChI=1S/C16H14N2O3/c19-15(20)11-5-7-14(8-6-11)17-16(21)18-9-12-3-1-2-4-13(12)10-18/h1-8H,9-10H2,(H,17,21)(H,19,20). The molecule has 0 aromatic heterocycles. The molecule has 0 saturated heterocycles. The molecule has 21 heavy (non-hydrogen) atoms. The van der Waals surface area contributed by atoms with Crippen LogP contribution in [0, 0.1) is 0 Å². The molecule has 1 aliphatic rings. The van der Waals surface area contributed by atoms with Crippen LogP contribution < -0.4 is 5.32 Å². The van der Waals surface area contributed by atoms with Crippen molar-refractivity contribution >= 4 is 17.7 Å². The lowest BCUT2D eigenvalue weighted by Gasteiger charge is -2.16. The van der Waals surface area contributed by atoms with Gasteiger partial charge in [0.2, 0.25) is 0 Å². The summed E-state index contributed by atoms with van der Waals surface area (Å²) in [5.41, 5.74) is 3.10. The Labute approximate surface area is 121 Å². The third kappa shape index (κ3) is 2.72. The highest BCUT2D eigenvalue weighted by Crippen LogP contribution is 2.23. The van der Waals surface area contributed by atoms with Crippen molar-refractivity contribution in [2.45, 2.75) is 13.1 Å². The number of carboxylic acid groups (broad SMARTS) is 1. The van der Waals surface area contributed by atoms with E-state index in [1.54, 1.807) is 17.0 Å². The van der Waals surface area contributed by atoms with Crippen molar-refractivity contribution in [3.05, 3.63) is 65.2 Å². The molecule has 3 rings (SSSR count). The molecule has 0 unspecified atom stereocenters. The number of nitrogens with zero attached hydrogens (tertiary/aromatic N) is 1. The van der Waals surface area contributed by atoms with E-state index in [0.29, 0.717) is 18.8 Å². The Bertz CT molecular complexity index is 670. The van der Waals surface area contributed by atoms with Crippen LogP contribution in [0.1, 0.15) is 21.5 Å². The van der Waals surface area contributed by atoms with E-state index in [-0.39, 0.29) is 11.6 Å². The van der Waals surface area contributed by atoms with Gasteiger partial charge in [-0.3, -0.25) is 0 Å². The number of carbonyl (C=O) groups is 2. The topological polar surface area (TPSA) is 69.6 Å². The number of amides is 2. The van der Waals surface area contributed by atoms with Crippen molar-refractivity contribution in [2.75, 3.05) is 5.32 Å². The maximum atomic E-state index is 12.2. The molecule has 2 aromatic rings. The van der Waals surface area contributed by atoms with Crippen LogP contribution in [0.2, 0.25) is 0 Å². The molecule has 5 nitrogen and oxygen atoms in total. The van der Waals surface area contributed by atoms with Gasteiger partial charge in [0, 0.05) is 18.8 Å². The third-order valence-electron chi connectivity index (χ3n) is 3.51. The number of carboxylic acids is 1. The number of fused-ring (bicyclic) bond motifs is 1. The van der Waals surface area contributed by atoms with Gasteiger partial charge in [-0.15, -0.1) is 0 Å². The number of carbonyl (C=O) groups excluding carboxylic acids is 1. The van der Waals surface area contributed by atoms with Gasteiger partial charge in [0.25, 0.3) is 0 Å². The summed E-state index contributed by atoms with van der Waals surface area (Å²) in [7, 11) is 0. The number of anilines is 1. The van der Waals surface area contributed by atoms with Crippen LogP contribution in [0.5, 0.6) is 0 Å². The minimum atomic E-state index is -0.983. The van der Waals surface area contributed by atoms with Crippen LogP contribution in [0.3, 0.4) is 0 Å². The number of urea groups is 1. The first-order valence-electron chi connectivity index (χ1n) is 6.59. The van der Waals surface area contributed by atoms with Crippen molar-refractivity contribution in [1.29, 1.82) is 0 Å². The molecule has 2 N–H and O–H groups in total. The smallest absolute Gasteiger partial charge is 0.335 e. The molecular weight excluding hydrogens is 268 g/mol. The second-order valence-corrected chi connectivity index (χ2v) is 4.94. The Balaban J connectivity index is 1.66. The number of nitrogens with one attached hydrogen (secondary N) is 1. The lowest BCUT2D eigenvalue weighted by Crippen LogP contribution is -2.30. The molecule has 1 heterocycles. The summed E-state index contributed by atoms with van der Waals surface area (Å²) in [6.07, 6.45) is 0. The lowest BCUT2D eigenvalue weighted by atomic mass is 10.1. The molecule has 1 aliphatic heterocycles. The minimum Gasteiger partial charge on any atom is -0.478 e. The van der Waals surface area contributed by atoms with Gasteiger partial charge in [0.1, 0.15) is 0 Å². The Morgan fingerprint density at radius 1 is 0.952 bits per heavy atom. The zero-order valence-electron chi connectivity index (χ0n) is 11.2. The van der Waals surface area contributed by atoms with Gasteiger partial charge in [0.05, 0.1) is 5.56 Å². The molecule has 0 radical (unpaired) electrons. The Morgan fingerprint density at radius 3 is 2.05 bits per heavy atom. The first kappa shape index (κ1) is 13.2. The molecule has 2 amide bonds. The number of rotatable bonds is 2. The summed E-state index contributed by atoms with van der Waals surface area (Å²) < 4.78 is 0. The van der Waals surface area contributed by atoms with Gasteiger partial charge >= 0.3 is 12.0 Å². The molecule has 0 aliphatic carbocycles. The van der Waals surface area contributed by atoms with E-state index < -0.39 is 5.97 Å². The fourth-order valence-corrected chi connectivity index (χ4v) is 2.38. The third-order valence-corrected chi connectivity index (χ3v) is 3.51. The van der Waals surface area contributed by atoms with Crippen molar-refractivity contribution in [2.24, 2.45) is 0 Å². The molecule has 0 atom stereocenters. The Kier molecular flexibility index (Phi) is 3.31. The predicted molar refractivity (Wildman–Crippen MR) is 78.1 cm³/mol. The van der Waals surface area contributed by atoms with E-state index in [0.717, 1.165) is 11.1 Å². The Hall–Kier alpha value is -2.82. The van der Waals surface area contributed by atoms with Crippen molar-refractivity contribution in [3.63, 3.8) is 0 Å². The summed E-state index contributed by atoms with van der Waals surface area (Å²) >= 11 is 0. The van der Waals surface area contributed by atoms with E-state index in [1.165, 1.54) is 12.1 Å². The van der Waals surface area contributed by atoms with Gasteiger partial charge in [-0.05, 0) is 35.4 Å². The van der Waals surface area contributed by atoms with E-state index in [9.17, 15) is 9.59 Å². The van der Waals surface area contributed by atoms with Crippen LogP contribution in [0.15, 0.2) is 48.5 Å². The van der Waals surface area contributed by atoms with Crippen LogP contribution >= 0.6 is 0 Å². The van der Waals surface area contributed by atoms with Gasteiger partial charge in [-0.1, -0.05) is 24.3 Å². The molecule has 2 aromatic carbocycles. The second kappa shape index (κ2) is 5.28. The monoisotopic (exact) mass is 282 g/mol. The largest absolute Gasteiger partial charge is 0.478 e. The van der Waals surface area contributed by atoms with Crippen LogP contribution in [-0.2, 0) is 13.1 Å². The highest BCUT2D eigenvalue weighted by Gasteiger charge is 2.22. The lowest BCUT2D eigenvalue weighted by molar-refractivity contribution is 0.0697. The number of benzene rings is 2. The van der Waals surface area contributed by atoms with E-state index in [2.05, 4.69) is 5.32 Å². The highest BCUT2D eigenvalue weighted by atomic mass is 16.4. The average molecular weight is 282 g/mol. The summed E-state index contributed by atoms with van der Waals surface area (Å²) in [5.74, 6) is -0.983. The minimum absolute atomic E-state index is 0.186. The first-order valence-corrected chi connectivity index (χ1v) is 6.59. The van der Waals surface area contributed by atoms with Crippen molar-refractivity contribution < 1.29 is 14.7 Å². The highest BCUT2D eigenvalue weighted by molar-refractivity contribution is 5.91. The van der Waals surface area contributed by atoms with E-state index in [4.69, 9.17) is 5.11 Å². The maximum Gasteiger partial charge on any atom is 0.335 e. The Morgan fingerprint density at radius 2 is 1.52 bits per heavy atom. The second-order valence-electron chi connectivity index (χ2n) is 4.94. The van der Waals surface area contributed by atoms with Crippen LogP contribution in [0.25, 0.3) is 0 Å².